The SMILES string of the molecule is COCC1(C(=O)NC2CCCC(C)CC2)CCNCC1. The molecule has 1 aliphatic heterocycles. The number of carbonyl (C=O) groups is 1. The first kappa shape index (κ1) is 15.8. The van der Waals surface area contributed by atoms with Gasteiger partial charge in [-0.3, -0.25) is 4.79 Å². The Kier molecular flexibility index (Phi) is 5.85. The summed E-state index contributed by atoms with van der Waals surface area (Å²) in [5.74, 6) is 1.03. The number of ether oxygens (including phenoxy) is 1. The first-order valence-electron chi connectivity index (χ1n) is 8.17. The Labute approximate surface area is 123 Å². The number of rotatable bonds is 4. The third-order valence-corrected chi connectivity index (χ3v) is 5.06. The van der Waals surface area contributed by atoms with Gasteiger partial charge in [0.15, 0.2) is 0 Å². The van der Waals surface area contributed by atoms with Crippen LogP contribution in [-0.2, 0) is 9.53 Å². The second-order valence-corrected chi connectivity index (χ2v) is 6.75. The molecule has 4 nitrogen and oxygen atoms in total. The molecule has 0 spiro atoms. The van der Waals surface area contributed by atoms with Crippen molar-refractivity contribution in [3.8, 4) is 0 Å². The molecule has 2 N–H and O–H groups in total. The molecule has 2 fully saturated rings. The van der Waals surface area contributed by atoms with Crippen LogP contribution in [-0.4, -0.2) is 38.8 Å². The highest BCUT2D eigenvalue weighted by Crippen LogP contribution is 2.30. The molecule has 0 aromatic heterocycles. The molecular formula is C16H30N2O2. The number of hydrogen-bond donors (Lipinski definition) is 2. The van der Waals surface area contributed by atoms with Crippen LogP contribution < -0.4 is 10.6 Å². The zero-order chi connectivity index (χ0) is 14.4. The Morgan fingerprint density at radius 1 is 1.25 bits per heavy atom. The molecule has 2 atom stereocenters. The van der Waals surface area contributed by atoms with E-state index in [2.05, 4.69) is 17.6 Å². The van der Waals surface area contributed by atoms with Gasteiger partial charge in [-0.25, -0.2) is 0 Å². The van der Waals surface area contributed by atoms with E-state index >= 15 is 0 Å². The second-order valence-electron chi connectivity index (χ2n) is 6.75. The predicted octanol–water partition coefficient (Wildman–Crippen LogP) is 2.09. The minimum Gasteiger partial charge on any atom is -0.384 e. The normalized spacial score (nSPS) is 30.5. The lowest BCUT2D eigenvalue weighted by atomic mass is 9.78. The van der Waals surface area contributed by atoms with Crippen LogP contribution in [0.15, 0.2) is 0 Å². The van der Waals surface area contributed by atoms with E-state index in [0.717, 1.165) is 44.7 Å². The number of hydrogen-bond acceptors (Lipinski definition) is 3. The molecule has 1 heterocycles. The molecule has 1 saturated heterocycles. The Bertz CT molecular complexity index is 308. The number of carbonyl (C=O) groups excluding carboxylic acids is 1. The second kappa shape index (κ2) is 7.41. The summed E-state index contributed by atoms with van der Waals surface area (Å²) in [6.07, 6.45) is 7.82. The lowest BCUT2D eigenvalue weighted by Gasteiger charge is -2.36. The third kappa shape index (κ3) is 3.95. The van der Waals surface area contributed by atoms with Gasteiger partial charge in [-0.2, -0.15) is 0 Å². The van der Waals surface area contributed by atoms with Crippen LogP contribution in [0, 0.1) is 11.3 Å². The number of piperidine rings is 1. The Hall–Kier alpha value is -0.610. The number of nitrogens with one attached hydrogen (secondary N) is 2. The monoisotopic (exact) mass is 282 g/mol. The Morgan fingerprint density at radius 3 is 2.70 bits per heavy atom. The van der Waals surface area contributed by atoms with Gasteiger partial charge >= 0.3 is 0 Å². The standard InChI is InChI=1S/C16H30N2O2/c1-13-4-3-5-14(7-6-13)18-15(19)16(12-20-2)8-10-17-11-9-16/h13-14,17H,3-12H2,1-2H3,(H,18,19). The van der Waals surface area contributed by atoms with Crippen LogP contribution in [0.4, 0.5) is 0 Å². The van der Waals surface area contributed by atoms with E-state index in [1.165, 1.54) is 19.3 Å². The first-order valence-corrected chi connectivity index (χ1v) is 8.17. The fourth-order valence-electron chi connectivity index (χ4n) is 3.59. The van der Waals surface area contributed by atoms with Gasteiger partial charge in [0.25, 0.3) is 0 Å². The van der Waals surface area contributed by atoms with E-state index in [9.17, 15) is 4.79 Å². The van der Waals surface area contributed by atoms with Crippen molar-refractivity contribution >= 4 is 5.91 Å². The minimum absolute atomic E-state index is 0.223. The molecule has 1 amide bonds. The highest BCUT2D eigenvalue weighted by molar-refractivity contribution is 5.83. The van der Waals surface area contributed by atoms with Crippen molar-refractivity contribution in [2.75, 3.05) is 26.8 Å². The average Bonchev–Trinajstić information content (AvgIpc) is 2.65. The van der Waals surface area contributed by atoms with E-state index in [0.29, 0.717) is 12.6 Å². The molecule has 4 heteroatoms. The lowest BCUT2D eigenvalue weighted by Crippen LogP contribution is -2.52. The summed E-state index contributed by atoms with van der Waals surface area (Å²) in [4.78, 5) is 12.8. The summed E-state index contributed by atoms with van der Waals surface area (Å²) in [7, 11) is 1.70. The zero-order valence-electron chi connectivity index (χ0n) is 13.0. The summed E-state index contributed by atoms with van der Waals surface area (Å²) in [6, 6.07) is 0.371. The zero-order valence-corrected chi connectivity index (χ0v) is 13.0. The van der Waals surface area contributed by atoms with Crippen LogP contribution in [0.2, 0.25) is 0 Å². The first-order chi connectivity index (χ1) is 9.66. The van der Waals surface area contributed by atoms with E-state index in [-0.39, 0.29) is 11.3 Å². The Morgan fingerprint density at radius 2 is 2.00 bits per heavy atom. The molecule has 20 heavy (non-hydrogen) atoms. The van der Waals surface area contributed by atoms with Gasteiger partial charge in [-0.05, 0) is 51.1 Å². The van der Waals surface area contributed by atoms with Crippen LogP contribution >= 0.6 is 0 Å². The fraction of sp³-hybridized carbons (Fsp3) is 0.938. The molecule has 1 saturated carbocycles. The van der Waals surface area contributed by atoms with Crippen molar-refractivity contribution < 1.29 is 9.53 Å². The van der Waals surface area contributed by atoms with E-state index in [1.54, 1.807) is 7.11 Å². The highest BCUT2D eigenvalue weighted by Gasteiger charge is 2.40. The predicted molar refractivity (Wildman–Crippen MR) is 80.6 cm³/mol. The van der Waals surface area contributed by atoms with Gasteiger partial charge in [-0.1, -0.05) is 19.8 Å². The van der Waals surface area contributed by atoms with Crippen LogP contribution in [0.25, 0.3) is 0 Å². The topological polar surface area (TPSA) is 50.4 Å². The minimum atomic E-state index is -0.308. The van der Waals surface area contributed by atoms with Gasteiger partial charge in [0.2, 0.25) is 5.91 Å². The summed E-state index contributed by atoms with van der Waals surface area (Å²) < 4.78 is 5.35. The molecule has 0 radical (unpaired) electrons. The fourth-order valence-corrected chi connectivity index (χ4v) is 3.59. The largest absolute Gasteiger partial charge is 0.384 e. The van der Waals surface area contributed by atoms with Crippen LogP contribution in [0.1, 0.15) is 51.9 Å². The van der Waals surface area contributed by atoms with Gasteiger partial charge in [0.1, 0.15) is 0 Å². The molecule has 1 aliphatic carbocycles. The molecule has 2 aliphatic rings. The van der Waals surface area contributed by atoms with Gasteiger partial charge in [0.05, 0.1) is 12.0 Å². The molecule has 2 rings (SSSR count). The maximum atomic E-state index is 12.8. The summed E-state index contributed by atoms with van der Waals surface area (Å²) in [6.45, 7) is 4.70. The van der Waals surface area contributed by atoms with E-state index in [4.69, 9.17) is 4.74 Å². The molecular weight excluding hydrogens is 252 g/mol. The van der Waals surface area contributed by atoms with Crippen LogP contribution in [0.3, 0.4) is 0 Å². The van der Waals surface area contributed by atoms with Crippen molar-refractivity contribution in [1.82, 2.24) is 10.6 Å². The van der Waals surface area contributed by atoms with Crippen molar-refractivity contribution in [2.45, 2.75) is 57.9 Å². The third-order valence-electron chi connectivity index (χ3n) is 5.06. The molecule has 0 aromatic carbocycles. The van der Waals surface area contributed by atoms with Gasteiger partial charge in [0, 0.05) is 13.2 Å². The van der Waals surface area contributed by atoms with Crippen molar-refractivity contribution in [2.24, 2.45) is 11.3 Å². The maximum Gasteiger partial charge on any atom is 0.228 e. The smallest absolute Gasteiger partial charge is 0.228 e. The maximum absolute atomic E-state index is 12.8. The molecule has 0 bridgehead atoms. The summed E-state index contributed by atoms with van der Waals surface area (Å²) >= 11 is 0. The quantitative estimate of drug-likeness (QED) is 0.776. The number of methoxy groups -OCH3 is 1. The van der Waals surface area contributed by atoms with Crippen LogP contribution in [0.5, 0.6) is 0 Å². The lowest BCUT2D eigenvalue weighted by molar-refractivity contribution is -0.137. The summed E-state index contributed by atoms with van der Waals surface area (Å²) in [5, 5.41) is 6.66. The highest BCUT2D eigenvalue weighted by atomic mass is 16.5. The van der Waals surface area contributed by atoms with Crippen molar-refractivity contribution in [3.05, 3.63) is 0 Å². The van der Waals surface area contributed by atoms with Gasteiger partial charge < -0.3 is 15.4 Å². The summed E-state index contributed by atoms with van der Waals surface area (Å²) in [5.41, 5.74) is -0.308. The van der Waals surface area contributed by atoms with E-state index in [1.807, 2.05) is 0 Å². The van der Waals surface area contributed by atoms with E-state index < -0.39 is 0 Å². The van der Waals surface area contributed by atoms with Crippen molar-refractivity contribution in [1.29, 1.82) is 0 Å². The molecule has 2 unspecified atom stereocenters. The van der Waals surface area contributed by atoms with Crippen molar-refractivity contribution in [3.63, 3.8) is 0 Å². The molecule has 116 valence electrons. The molecule has 0 aromatic rings. The number of amides is 1. The average molecular weight is 282 g/mol. The Balaban J connectivity index is 1.93. The van der Waals surface area contributed by atoms with Gasteiger partial charge in [-0.15, -0.1) is 0 Å².